The number of anilines is 2. The lowest BCUT2D eigenvalue weighted by Crippen LogP contribution is -2.31. The Kier molecular flexibility index (Phi) is 8.44. The number of esters is 1. The van der Waals surface area contributed by atoms with Crippen molar-refractivity contribution < 1.29 is 32.2 Å². The first kappa shape index (κ1) is 26.8. The smallest absolute Gasteiger partial charge is 0.337 e. The maximum absolute atomic E-state index is 13.4. The van der Waals surface area contributed by atoms with Crippen LogP contribution in [0.5, 0.6) is 11.5 Å². The Balaban J connectivity index is 2.07. The van der Waals surface area contributed by atoms with Crippen LogP contribution in [0.2, 0.25) is 5.02 Å². The SMILES string of the molecule is COC(=O)c1ccc(NC(=O)c2cc(OC)c(OC)cc2N(Cc2ccc(Cl)cc2)S(C)(=O)=O)cc1. The van der Waals surface area contributed by atoms with Gasteiger partial charge in [-0.25, -0.2) is 13.2 Å². The molecule has 1 amide bonds. The molecular formula is C25H25ClN2O7S. The summed E-state index contributed by atoms with van der Waals surface area (Å²) in [5, 5.41) is 3.23. The largest absolute Gasteiger partial charge is 0.493 e. The number of halogens is 1. The Morgan fingerprint density at radius 1 is 0.917 bits per heavy atom. The highest BCUT2D eigenvalue weighted by atomic mass is 35.5. The summed E-state index contributed by atoms with van der Waals surface area (Å²) in [4.78, 5) is 25.0. The number of amides is 1. The van der Waals surface area contributed by atoms with Crippen LogP contribution >= 0.6 is 11.6 Å². The summed E-state index contributed by atoms with van der Waals surface area (Å²) in [7, 11) is 0.247. The third-order valence-corrected chi connectivity index (χ3v) is 6.60. The lowest BCUT2D eigenvalue weighted by Gasteiger charge is -2.26. The molecule has 11 heteroatoms. The van der Waals surface area contributed by atoms with E-state index in [1.54, 1.807) is 24.3 Å². The van der Waals surface area contributed by atoms with Crippen LogP contribution in [0.25, 0.3) is 0 Å². The average Bonchev–Trinajstić information content (AvgIpc) is 2.86. The Labute approximate surface area is 214 Å². The fourth-order valence-corrected chi connectivity index (χ4v) is 4.42. The molecule has 0 aliphatic heterocycles. The number of nitrogens with zero attached hydrogens (tertiary/aromatic N) is 1. The number of carbonyl (C=O) groups excluding carboxylic acids is 2. The van der Waals surface area contributed by atoms with Gasteiger partial charge in [0.05, 0.1) is 50.9 Å². The van der Waals surface area contributed by atoms with Crippen molar-refractivity contribution in [2.75, 3.05) is 37.2 Å². The number of rotatable bonds is 9. The molecule has 190 valence electrons. The molecule has 0 aromatic heterocycles. The predicted octanol–water partition coefficient (Wildman–Crippen LogP) is 4.36. The molecule has 0 saturated heterocycles. The van der Waals surface area contributed by atoms with Gasteiger partial charge in [-0.15, -0.1) is 0 Å². The van der Waals surface area contributed by atoms with E-state index in [-0.39, 0.29) is 29.3 Å². The summed E-state index contributed by atoms with van der Waals surface area (Å²) in [5.74, 6) is -0.619. The van der Waals surface area contributed by atoms with E-state index in [0.717, 1.165) is 10.6 Å². The van der Waals surface area contributed by atoms with Gasteiger partial charge in [0.1, 0.15) is 0 Å². The molecule has 0 radical (unpaired) electrons. The molecule has 0 heterocycles. The zero-order valence-electron chi connectivity index (χ0n) is 20.1. The third-order valence-electron chi connectivity index (χ3n) is 5.22. The van der Waals surface area contributed by atoms with Crippen molar-refractivity contribution in [2.45, 2.75) is 6.54 Å². The minimum Gasteiger partial charge on any atom is -0.493 e. The fourth-order valence-electron chi connectivity index (χ4n) is 3.40. The highest BCUT2D eigenvalue weighted by molar-refractivity contribution is 7.92. The number of nitrogens with one attached hydrogen (secondary N) is 1. The number of methoxy groups -OCH3 is 3. The molecule has 3 aromatic carbocycles. The summed E-state index contributed by atoms with van der Waals surface area (Å²) in [5.41, 5.74) is 1.48. The van der Waals surface area contributed by atoms with Crippen molar-refractivity contribution in [1.29, 1.82) is 0 Å². The van der Waals surface area contributed by atoms with E-state index in [9.17, 15) is 18.0 Å². The molecule has 0 aliphatic carbocycles. The molecule has 36 heavy (non-hydrogen) atoms. The van der Waals surface area contributed by atoms with E-state index >= 15 is 0 Å². The van der Waals surface area contributed by atoms with Crippen LogP contribution in [0.4, 0.5) is 11.4 Å². The Hall–Kier alpha value is -3.76. The van der Waals surface area contributed by atoms with Crippen LogP contribution in [-0.2, 0) is 21.3 Å². The molecule has 0 aliphatic rings. The number of sulfonamides is 1. The molecule has 3 aromatic rings. The maximum Gasteiger partial charge on any atom is 0.337 e. The van der Waals surface area contributed by atoms with E-state index < -0.39 is 21.9 Å². The summed E-state index contributed by atoms with van der Waals surface area (Å²) in [6.07, 6.45) is 1.05. The molecule has 0 spiro atoms. The molecule has 3 rings (SSSR count). The van der Waals surface area contributed by atoms with Crippen molar-refractivity contribution >= 4 is 44.9 Å². The first-order valence-electron chi connectivity index (χ1n) is 10.5. The van der Waals surface area contributed by atoms with Crippen LogP contribution in [0.3, 0.4) is 0 Å². The summed E-state index contributed by atoms with van der Waals surface area (Å²) < 4.78 is 42.2. The van der Waals surface area contributed by atoms with Crippen molar-refractivity contribution in [3.8, 4) is 11.5 Å². The van der Waals surface area contributed by atoms with Gasteiger partial charge in [-0.1, -0.05) is 23.7 Å². The van der Waals surface area contributed by atoms with Crippen LogP contribution in [0.15, 0.2) is 60.7 Å². The maximum atomic E-state index is 13.4. The lowest BCUT2D eigenvalue weighted by molar-refractivity contribution is 0.0600. The number of ether oxygens (including phenoxy) is 3. The van der Waals surface area contributed by atoms with Gasteiger partial charge in [-0.3, -0.25) is 9.10 Å². The number of hydrogen-bond acceptors (Lipinski definition) is 7. The highest BCUT2D eigenvalue weighted by Gasteiger charge is 2.27. The minimum absolute atomic E-state index is 0.0316. The molecule has 0 fully saturated rings. The predicted molar refractivity (Wildman–Crippen MR) is 138 cm³/mol. The van der Waals surface area contributed by atoms with Gasteiger partial charge in [-0.2, -0.15) is 0 Å². The first-order valence-corrected chi connectivity index (χ1v) is 12.8. The van der Waals surface area contributed by atoms with E-state index in [1.807, 2.05) is 0 Å². The highest BCUT2D eigenvalue weighted by Crippen LogP contribution is 2.37. The lowest BCUT2D eigenvalue weighted by atomic mass is 10.1. The summed E-state index contributed by atoms with van der Waals surface area (Å²) >= 11 is 5.97. The molecule has 0 unspecified atom stereocenters. The van der Waals surface area contributed by atoms with E-state index in [0.29, 0.717) is 21.8 Å². The fraction of sp³-hybridized carbons (Fsp3) is 0.200. The molecule has 0 saturated carbocycles. The Bertz CT molecular complexity index is 1360. The van der Waals surface area contributed by atoms with E-state index in [2.05, 4.69) is 10.1 Å². The van der Waals surface area contributed by atoms with Crippen molar-refractivity contribution in [3.63, 3.8) is 0 Å². The molecular weight excluding hydrogens is 508 g/mol. The van der Waals surface area contributed by atoms with Crippen LogP contribution in [0, 0.1) is 0 Å². The van der Waals surface area contributed by atoms with E-state index in [4.69, 9.17) is 21.1 Å². The normalized spacial score (nSPS) is 10.9. The second kappa shape index (κ2) is 11.3. The topological polar surface area (TPSA) is 111 Å². The van der Waals surface area contributed by atoms with Crippen LogP contribution in [-0.4, -0.2) is 47.9 Å². The second-order valence-corrected chi connectivity index (χ2v) is 9.99. The Morgan fingerprint density at radius 2 is 1.50 bits per heavy atom. The second-order valence-electron chi connectivity index (χ2n) is 7.64. The Morgan fingerprint density at radius 3 is 2.03 bits per heavy atom. The quantitative estimate of drug-likeness (QED) is 0.407. The van der Waals surface area contributed by atoms with Gasteiger partial charge in [0, 0.05) is 16.8 Å². The van der Waals surface area contributed by atoms with Crippen molar-refractivity contribution in [2.24, 2.45) is 0 Å². The zero-order chi connectivity index (χ0) is 26.5. The van der Waals surface area contributed by atoms with Crippen molar-refractivity contribution in [3.05, 3.63) is 82.4 Å². The number of benzene rings is 3. The minimum atomic E-state index is -3.85. The van der Waals surface area contributed by atoms with Gasteiger partial charge in [0.15, 0.2) is 11.5 Å². The standard InChI is InChI=1S/C25H25ClN2O7S/c1-33-22-13-20(24(29)27-19-11-7-17(8-12-19)25(30)35-3)21(14-23(22)34-2)28(36(4,31)32)15-16-5-9-18(26)10-6-16/h5-14H,15H2,1-4H3,(H,27,29). The molecule has 1 N–H and O–H groups in total. The third kappa shape index (κ3) is 6.27. The summed E-state index contributed by atoms with van der Waals surface area (Å²) in [6, 6.07) is 15.6. The van der Waals surface area contributed by atoms with Crippen molar-refractivity contribution in [1.82, 2.24) is 0 Å². The van der Waals surface area contributed by atoms with E-state index in [1.165, 1.54) is 57.7 Å². The number of carbonyl (C=O) groups is 2. The van der Waals surface area contributed by atoms with Crippen LogP contribution < -0.4 is 19.1 Å². The van der Waals surface area contributed by atoms with Gasteiger partial charge in [0.2, 0.25) is 10.0 Å². The van der Waals surface area contributed by atoms with Gasteiger partial charge in [-0.05, 0) is 48.0 Å². The molecule has 0 atom stereocenters. The van der Waals surface area contributed by atoms with Crippen LogP contribution in [0.1, 0.15) is 26.3 Å². The average molecular weight is 533 g/mol. The number of hydrogen-bond donors (Lipinski definition) is 1. The van der Waals surface area contributed by atoms with Gasteiger partial charge in [0.25, 0.3) is 5.91 Å². The first-order chi connectivity index (χ1) is 17.1. The van der Waals surface area contributed by atoms with Gasteiger partial charge < -0.3 is 19.5 Å². The summed E-state index contributed by atoms with van der Waals surface area (Å²) in [6.45, 7) is -0.0560. The van der Waals surface area contributed by atoms with Gasteiger partial charge >= 0.3 is 5.97 Å². The monoisotopic (exact) mass is 532 g/mol. The zero-order valence-corrected chi connectivity index (χ0v) is 21.6. The molecule has 9 nitrogen and oxygen atoms in total. The molecule has 0 bridgehead atoms.